The van der Waals surface area contributed by atoms with Crippen LogP contribution in [-0.2, 0) is 25.0 Å². The average molecular weight is 496 g/mol. The quantitative estimate of drug-likeness (QED) is 0.450. The van der Waals surface area contributed by atoms with Gasteiger partial charge in [0.1, 0.15) is 6.61 Å². The highest BCUT2D eigenvalue weighted by Gasteiger charge is 2.54. The van der Waals surface area contributed by atoms with E-state index < -0.39 is 21.3 Å². The summed E-state index contributed by atoms with van der Waals surface area (Å²) in [5.41, 5.74) is 2.09. The van der Waals surface area contributed by atoms with Gasteiger partial charge in [0.25, 0.3) is 10.0 Å². The van der Waals surface area contributed by atoms with Crippen LogP contribution in [0.2, 0.25) is 0 Å². The predicted octanol–water partition coefficient (Wildman–Crippen LogP) is 3.77. The smallest absolute Gasteiger partial charge is 0.264 e. The number of benzene rings is 1. The van der Waals surface area contributed by atoms with Gasteiger partial charge in [-0.15, -0.1) is 0 Å². The van der Waals surface area contributed by atoms with Crippen LogP contribution < -0.4 is 9.46 Å². The summed E-state index contributed by atoms with van der Waals surface area (Å²) >= 11 is 0. The first-order valence-electron chi connectivity index (χ1n) is 11.9. The molecule has 1 aromatic carbocycles. The first kappa shape index (κ1) is 23.7. The fourth-order valence-electron chi connectivity index (χ4n) is 4.59. The van der Waals surface area contributed by atoms with Gasteiger partial charge in [0, 0.05) is 30.0 Å². The number of pyridine rings is 2. The molecule has 184 valence electrons. The number of carbonyl (C=O) groups excluding carboxylic acids is 1. The molecule has 2 aliphatic carbocycles. The summed E-state index contributed by atoms with van der Waals surface area (Å²) in [5, 5.41) is 0.473. The van der Waals surface area contributed by atoms with E-state index in [1.165, 1.54) is 12.5 Å². The Kier molecular flexibility index (Phi) is 6.23. The molecule has 1 N–H and O–H groups in total. The topological polar surface area (TPSA) is 107 Å². The standard InChI is InChI=1S/C26H29N3O5S/c1-17-9-10-20-22(28-17)7-4-8-23(20)35(31,32)29-25(30)26(11-12-26)21-15-19(18-5-3-6-18)16-27-24(21)34-14-13-33-2/h4,7-10,15-16,18H,3,5-6,11-14H2,1-2H3,(H,29,30). The van der Waals surface area contributed by atoms with Crippen LogP contribution >= 0.6 is 0 Å². The highest BCUT2D eigenvalue weighted by Crippen LogP contribution is 2.52. The molecule has 0 radical (unpaired) electrons. The van der Waals surface area contributed by atoms with Crippen LogP contribution in [0.3, 0.4) is 0 Å². The van der Waals surface area contributed by atoms with Crippen molar-refractivity contribution in [1.82, 2.24) is 14.7 Å². The van der Waals surface area contributed by atoms with Crippen LogP contribution in [0.4, 0.5) is 0 Å². The molecule has 0 saturated heterocycles. The fourth-order valence-corrected chi connectivity index (χ4v) is 5.86. The van der Waals surface area contributed by atoms with Gasteiger partial charge in [-0.1, -0.05) is 12.5 Å². The van der Waals surface area contributed by atoms with Gasteiger partial charge in [0.2, 0.25) is 11.8 Å². The molecule has 2 saturated carbocycles. The molecule has 0 bridgehead atoms. The molecule has 0 spiro atoms. The maximum atomic E-state index is 13.5. The molecule has 5 rings (SSSR count). The maximum absolute atomic E-state index is 13.5. The number of amides is 1. The molecular formula is C26H29N3O5S. The van der Waals surface area contributed by atoms with E-state index in [0.717, 1.165) is 24.1 Å². The van der Waals surface area contributed by atoms with Crippen molar-refractivity contribution in [2.45, 2.75) is 55.3 Å². The van der Waals surface area contributed by atoms with Crippen LogP contribution in [-0.4, -0.2) is 44.6 Å². The summed E-state index contributed by atoms with van der Waals surface area (Å²) in [6, 6.07) is 10.3. The largest absolute Gasteiger partial charge is 0.475 e. The number of ether oxygens (including phenoxy) is 2. The zero-order valence-electron chi connectivity index (χ0n) is 19.9. The molecule has 9 heteroatoms. The summed E-state index contributed by atoms with van der Waals surface area (Å²) in [6.07, 6.45) is 6.23. The van der Waals surface area contributed by atoms with Gasteiger partial charge in [-0.25, -0.2) is 18.1 Å². The lowest BCUT2D eigenvalue weighted by Gasteiger charge is -2.27. The number of hydrogen-bond donors (Lipinski definition) is 1. The molecule has 0 unspecified atom stereocenters. The van der Waals surface area contributed by atoms with Crippen LogP contribution in [0.15, 0.2) is 47.5 Å². The van der Waals surface area contributed by atoms with Crippen LogP contribution in [0, 0.1) is 6.92 Å². The average Bonchev–Trinajstić information content (AvgIpc) is 3.60. The third-order valence-corrected chi connectivity index (χ3v) is 8.41. The molecule has 3 aromatic rings. The van der Waals surface area contributed by atoms with Crippen LogP contribution in [0.5, 0.6) is 5.88 Å². The van der Waals surface area contributed by atoms with Crippen molar-refractivity contribution in [3.05, 3.63) is 59.4 Å². The zero-order chi connectivity index (χ0) is 24.6. The SMILES string of the molecule is COCCOc1ncc(C2CCC2)cc1C1(C(=O)NS(=O)(=O)c2cccc3nc(C)ccc23)CC1. The third-order valence-electron chi connectivity index (χ3n) is 7.02. The van der Waals surface area contributed by atoms with E-state index in [9.17, 15) is 13.2 Å². The first-order valence-corrected chi connectivity index (χ1v) is 13.4. The van der Waals surface area contributed by atoms with Crippen molar-refractivity contribution < 1.29 is 22.7 Å². The Hall–Kier alpha value is -3.04. The normalized spacial score (nSPS) is 17.1. The summed E-state index contributed by atoms with van der Waals surface area (Å²) < 4.78 is 40.0. The minimum atomic E-state index is -4.12. The number of hydrogen-bond acceptors (Lipinski definition) is 7. The summed E-state index contributed by atoms with van der Waals surface area (Å²) in [7, 11) is -2.54. The van der Waals surface area contributed by atoms with Crippen molar-refractivity contribution in [2.24, 2.45) is 0 Å². The Balaban J connectivity index is 1.47. The number of fused-ring (bicyclic) bond motifs is 1. The number of rotatable bonds is 9. The van der Waals surface area contributed by atoms with Gasteiger partial charge < -0.3 is 9.47 Å². The van der Waals surface area contributed by atoms with Crippen molar-refractivity contribution in [3.8, 4) is 5.88 Å². The molecule has 2 aromatic heterocycles. The second-order valence-electron chi connectivity index (χ2n) is 9.38. The second kappa shape index (κ2) is 9.20. The van der Waals surface area contributed by atoms with Crippen LogP contribution in [0.25, 0.3) is 10.9 Å². The number of sulfonamides is 1. The zero-order valence-corrected chi connectivity index (χ0v) is 20.7. The molecule has 2 fully saturated rings. The van der Waals surface area contributed by atoms with Crippen LogP contribution in [0.1, 0.15) is 54.8 Å². The molecule has 0 atom stereocenters. The first-order chi connectivity index (χ1) is 16.8. The van der Waals surface area contributed by atoms with Gasteiger partial charge in [0.05, 0.1) is 22.4 Å². The molecule has 8 nitrogen and oxygen atoms in total. The number of aromatic nitrogens is 2. The van der Waals surface area contributed by atoms with Crippen molar-refractivity contribution in [2.75, 3.05) is 20.3 Å². The van der Waals surface area contributed by atoms with Crippen molar-refractivity contribution in [1.29, 1.82) is 0 Å². The third kappa shape index (κ3) is 4.50. The van der Waals surface area contributed by atoms with Gasteiger partial charge >= 0.3 is 0 Å². The number of nitrogens with one attached hydrogen (secondary N) is 1. The Morgan fingerprint density at radius 1 is 1.17 bits per heavy atom. The Morgan fingerprint density at radius 2 is 1.97 bits per heavy atom. The molecule has 2 heterocycles. The van der Waals surface area contributed by atoms with Gasteiger partial charge in [0.15, 0.2) is 0 Å². The maximum Gasteiger partial charge on any atom is 0.264 e. The molecular weight excluding hydrogens is 466 g/mol. The number of aryl methyl sites for hydroxylation is 1. The Labute approximate surface area is 205 Å². The van der Waals surface area contributed by atoms with E-state index in [0.29, 0.717) is 47.7 Å². The van der Waals surface area contributed by atoms with Crippen molar-refractivity contribution >= 4 is 26.8 Å². The lowest BCUT2D eigenvalue weighted by Crippen LogP contribution is -2.39. The summed E-state index contributed by atoms with van der Waals surface area (Å²) in [6.45, 7) is 2.52. The van der Waals surface area contributed by atoms with E-state index >= 15 is 0 Å². The summed E-state index contributed by atoms with van der Waals surface area (Å²) in [5.74, 6) is 0.224. The molecule has 1 amide bonds. The lowest BCUT2D eigenvalue weighted by molar-refractivity contribution is -0.121. The minimum Gasteiger partial charge on any atom is -0.475 e. The number of carbonyl (C=O) groups is 1. The van der Waals surface area contributed by atoms with Gasteiger partial charge in [-0.05, 0) is 74.4 Å². The number of methoxy groups -OCH3 is 1. The summed E-state index contributed by atoms with van der Waals surface area (Å²) in [4.78, 5) is 22.5. The van der Waals surface area contributed by atoms with Gasteiger partial charge in [-0.2, -0.15) is 0 Å². The second-order valence-corrected chi connectivity index (χ2v) is 11.0. The fraction of sp³-hybridized carbons (Fsp3) is 0.423. The van der Waals surface area contributed by atoms with E-state index in [1.54, 1.807) is 31.4 Å². The number of nitrogens with zero attached hydrogens (tertiary/aromatic N) is 2. The van der Waals surface area contributed by atoms with E-state index in [1.807, 2.05) is 19.2 Å². The van der Waals surface area contributed by atoms with E-state index in [-0.39, 0.29) is 11.5 Å². The lowest BCUT2D eigenvalue weighted by atomic mass is 9.79. The molecule has 0 aliphatic heterocycles. The highest BCUT2D eigenvalue weighted by molar-refractivity contribution is 7.90. The Bertz CT molecular complexity index is 1380. The highest BCUT2D eigenvalue weighted by atomic mass is 32.2. The minimum absolute atomic E-state index is 0.0320. The Morgan fingerprint density at radius 3 is 2.66 bits per heavy atom. The molecule has 2 aliphatic rings. The monoisotopic (exact) mass is 495 g/mol. The predicted molar refractivity (Wildman–Crippen MR) is 131 cm³/mol. The van der Waals surface area contributed by atoms with Gasteiger partial charge in [-0.3, -0.25) is 9.78 Å². The van der Waals surface area contributed by atoms with E-state index in [2.05, 4.69) is 14.7 Å². The molecule has 35 heavy (non-hydrogen) atoms. The van der Waals surface area contributed by atoms with E-state index in [4.69, 9.17) is 9.47 Å². The van der Waals surface area contributed by atoms with Crippen molar-refractivity contribution in [3.63, 3.8) is 0 Å².